The average Bonchev–Trinajstić information content (AvgIpc) is 2.92. The summed E-state index contributed by atoms with van der Waals surface area (Å²) >= 11 is 0. The summed E-state index contributed by atoms with van der Waals surface area (Å²) in [7, 11) is 0. The van der Waals surface area contributed by atoms with E-state index in [0.717, 1.165) is 22.6 Å². The number of rotatable bonds is 4. The van der Waals surface area contributed by atoms with E-state index < -0.39 is 5.97 Å². The summed E-state index contributed by atoms with van der Waals surface area (Å²) in [6.07, 6.45) is 0. The number of aromatic nitrogens is 2. The highest BCUT2D eigenvalue weighted by atomic mass is 19.1. The predicted octanol–water partition coefficient (Wildman–Crippen LogP) is 3.99. The molecule has 2 aromatic carbocycles. The van der Waals surface area contributed by atoms with E-state index in [1.54, 1.807) is 0 Å². The van der Waals surface area contributed by atoms with Crippen LogP contribution in [0.1, 0.15) is 27.3 Å². The number of halogens is 1. The number of benzene rings is 2. The van der Waals surface area contributed by atoms with Crippen molar-refractivity contribution in [2.24, 2.45) is 0 Å². The van der Waals surface area contributed by atoms with E-state index in [1.165, 1.54) is 24.3 Å². The molecule has 5 heteroatoms. The maximum Gasteiger partial charge on any atom is 0.338 e. The van der Waals surface area contributed by atoms with Gasteiger partial charge in [0.05, 0.1) is 16.9 Å². The fraction of sp³-hybridized carbons (Fsp3) is 0.158. The molecule has 0 aliphatic rings. The van der Waals surface area contributed by atoms with Gasteiger partial charge in [0.25, 0.3) is 0 Å². The zero-order valence-electron chi connectivity index (χ0n) is 13.5. The molecule has 122 valence electrons. The first kappa shape index (κ1) is 15.9. The highest BCUT2D eigenvalue weighted by Gasteiger charge is 2.08. The number of carbonyl (C=O) groups is 1. The van der Waals surface area contributed by atoms with E-state index in [9.17, 15) is 9.18 Å². The molecule has 4 nitrogen and oxygen atoms in total. The molecule has 0 atom stereocenters. The summed E-state index contributed by atoms with van der Waals surface area (Å²) in [6, 6.07) is 14.9. The third-order valence-corrected chi connectivity index (χ3v) is 3.64. The van der Waals surface area contributed by atoms with Crippen LogP contribution in [0.15, 0.2) is 54.6 Å². The van der Waals surface area contributed by atoms with Crippen LogP contribution in [0.25, 0.3) is 5.69 Å². The molecule has 0 bridgehead atoms. The molecule has 0 amide bonds. The zero-order valence-corrected chi connectivity index (χ0v) is 13.5. The first-order valence-electron chi connectivity index (χ1n) is 7.58. The first-order valence-corrected chi connectivity index (χ1v) is 7.58. The lowest BCUT2D eigenvalue weighted by Gasteiger charge is -2.07. The van der Waals surface area contributed by atoms with Crippen LogP contribution in [0, 0.1) is 19.7 Å². The van der Waals surface area contributed by atoms with E-state index in [4.69, 9.17) is 4.74 Å². The van der Waals surface area contributed by atoms with E-state index >= 15 is 0 Å². The average molecular weight is 324 g/mol. The van der Waals surface area contributed by atoms with Gasteiger partial charge in [0.2, 0.25) is 0 Å². The molecule has 24 heavy (non-hydrogen) atoms. The summed E-state index contributed by atoms with van der Waals surface area (Å²) in [5, 5.41) is 4.43. The van der Waals surface area contributed by atoms with Crippen LogP contribution in [-0.4, -0.2) is 15.7 Å². The van der Waals surface area contributed by atoms with Gasteiger partial charge in [-0.25, -0.2) is 13.9 Å². The van der Waals surface area contributed by atoms with Crippen molar-refractivity contribution >= 4 is 5.97 Å². The number of hydrogen-bond acceptors (Lipinski definition) is 3. The molecule has 3 aromatic rings. The Bertz CT molecular complexity index is 852. The first-order chi connectivity index (χ1) is 11.5. The quantitative estimate of drug-likeness (QED) is 0.682. The summed E-state index contributed by atoms with van der Waals surface area (Å²) in [4.78, 5) is 11.9. The van der Waals surface area contributed by atoms with Gasteiger partial charge >= 0.3 is 5.97 Å². The Labute approximate surface area is 139 Å². The molecule has 0 aliphatic carbocycles. The van der Waals surface area contributed by atoms with Crippen molar-refractivity contribution in [3.05, 3.63) is 82.9 Å². The van der Waals surface area contributed by atoms with Gasteiger partial charge in [-0.1, -0.05) is 12.1 Å². The van der Waals surface area contributed by atoms with Crippen LogP contribution >= 0.6 is 0 Å². The molecule has 1 heterocycles. The number of esters is 1. The highest BCUT2D eigenvalue weighted by molar-refractivity contribution is 5.89. The summed E-state index contributed by atoms with van der Waals surface area (Å²) in [6.45, 7) is 4.11. The molecule has 0 spiro atoms. The minimum atomic E-state index is -0.474. The summed E-state index contributed by atoms with van der Waals surface area (Å²) < 4.78 is 20.0. The molecule has 0 aliphatic heterocycles. The molecule has 0 fully saturated rings. The largest absolute Gasteiger partial charge is 0.457 e. The van der Waals surface area contributed by atoms with Crippen LogP contribution < -0.4 is 0 Å². The van der Waals surface area contributed by atoms with Gasteiger partial charge in [-0.2, -0.15) is 5.10 Å². The molecule has 3 rings (SSSR count). The Balaban J connectivity index is 1.65. The zero-order chi connectivity index (χ0) is 17.1. The Morgan fingerprint density at radius 2 is 1.75 bits per heavy atom. The van der Waals surface area contributed by atoms with Crippen molar-refractivity contribution in [1.82, 2.24) is 9.78 Å². The molecule has 0 N–H and O–H groups in total. The third kappa shape index (κ3) is 3.51. The van der Waals surface area contributed by atoms with Crippen LogP contribution in [0.2, 0.25) is 0 Å². The smallest absolute Gasteiger partial charge is 0.338 e. The van der Waals surface area contributed by atoms with E-state index in [-0.39, 0.29) is 12.4 Å². The summed E-state index contributed by atoms with van der Waals surface area (Å²) in [5.41, 5.74) is 4.17. The normalized spacial score (nSPS) is 10.6. The molecular weight excluding hydrogens is 307 g/mol. The van der Waals surface area contributed by atoms with Gasteiger partial charge in [0.1, 0.15) is 12.4 Å². The minimum Gasteiger partial charge on any atom is -0.457 e. The molecule has 0 saturated carbocycles. The Morgan fingerprint density at radius 1 is 1.08 bits per heavy atom. The molecule has 0 saturated heterocycles. The van der Waals surface area contributed by atoms with Crippen molar-refractivity contribution in [2.45, 2.75) is 20.5 Å². The van der Waals surface area contributed by atoms with Crippen molar-refractivity contribution in [3.63, 3.8) is 0 Å². The Hall–Kier alpha value is -2.95. The molecular formula is C19H17FN2O2. The van der Waals surface area contributed by atoms with Gasteiger partial charge in [0, 0.05) is 5.69 Å². The Morgan fingerprint density at radius 3 is 2.33 bits per heavy atom. The highest BCUT2D eigenvalue weighted by Crippen LogP contribution is 2.14. The number of ether oxygens (including phenoxy) is 1. The Kier molecular flexibility index (Phi) is 4.42. The number of carbonyl (C=O) groups excluding carboxylic acids is 1. The second kappa shape index (κ2) is 6.66. The maximum atomic E-state index is 12.8. The topological polar surface area (TPSA) is 44.1 Å². The molecule has 0 unspecified atom stereocenters. The van der Waals surface area contributed by atoms with E-state index in [2.05, 4.69) is 5.10 Å². The fourth-order valence-electron chi connectivity index (χ4n) is 2.44. The van der Waals surface area contributed by atoms with Crippen LogP contribution in [0.4, 0.5) is 4.39 Å². The van der Waals surface area contributed by atoms with E-state index in [0.29, 0.717) is 5.56 Å². The maximum absolute atomic E-state index is 12.8. The van der Waals surface area contributed by atoms with Crippen molar-refractivity contribution in [3.8, 4) is 5.69 Å². The predicted molar refractivity (Wildman–Crippen MR) is 88.6 cm³/mol. The van der Waals surface area contributed by atoms with Crippen LogP contribution in [0.5, 0.6) is 0 Å². The lowest BCUT2D eigenvalue weighted by atomic mass is 10.2. The van der Waals surface area contributed by atoms with Crippen LogP contribution in [0.3, 0.4) is 0 Å². The number of nitrogens with zero attached hydrogens (tertiary/aromatic N) is 2. The van der Waals surface area contributed by atoms with Gasteiger partial charge in [0.15, 0.2) is 0 Å². The fourth-order valence-corrected chi connectivity index (χ4v) is 2.44. The minimum absolute atomic E-state index is 0.160. The number of aryl methyl sites for hydroxylation is 2. The molecule has 1 aromatic heterocycles. The lowest BCUT2D eigenvalue weighted by molar-refractivity contribution is 0.0472. The second-order valence-electron chi connectivity index (χ2n) is 5.59. The van der Waals surface area contributed by atoms with Gasteiger partial charge < -0.3 is 4.74 Å². The van der Waals surface area contributed by atoms with Gasteiger partial charge in [-0.15, -0.1) is 0 Å². The lowest BCUT2D eigenvalue weighted by Crippen LogP contribution is -2.05. The summed E-state index contributed by atoms with van der Waals surface area (Å²) in [5.74, 6) is -0.857. The van der Waals surface area contributed by atoms with Gasteiger partial charge in [-0.3, -0.25) is 0 Å². The standard InChI is InChI=1S/C19H17FN2O2/c1-13-11-14(2)22(21-13)18-9-3-15(4-10-18)12-24-19(23)16-5-7-17(20)8-6-16/h3-11H,12H2,1-2H3. The van der Waals surface area contributed by atoms with Crippen molar-refractivity contribution in [1.29, 1.82) is 0 Å². The third-order valence-electron chi connectivity index (χ3n) is 3.64. The van der Waals surface area contributed by atoms with Gasteiger partial charge in [-0.05, 0) is 61.9 Å². The van der Waals surface area contributed by atoms with Crippen LogP contribution in [-0.2, 0) is 11.3 Å². The number of hydrogen-bond donors (Lipinski definition) is 0. The monoisotopic (exact) mass is 324 g/mol. The molecule has 0 radical (unpaired) electrons. The van der Waals surface area contributed by atoms with Crippen molar-refractivity contribution < 1.29 is 13.9 Å². The van der Waals surface area contributed by atoms with E-state index in [1.807, 2.05) is 48.9 Å². The SMILES string of the molecule is Cc1cc(C)n(-c2ccc(COC(=O)c3ccc(F)cc3)cc2)n1. The second-order valence-corrected chi connectivity index (χ2v) is 5.59. The van der Waals surface area contributed by atoms with Crippen molar-refractivity contribution in [2.75, 3.05) is 0 Å².